The first-order valence-corrected chi connectivity index (χ1v) is 10.5. The molecule has 1 aliphatic carbocycles. The van der Waals surface area contributed by atoms with Crippen LogP contribution in [-0.4, -0.2) is 56.6 Å². The predicted octanol–water partition coefficient (Wildman–Crippen LogP) is 0.896. The van der Waals surface area contributed by atoms with Crippen LogP contribution in [0.15, 0.2) is 0 Å². The minimum atomic E-state index is -3.20. The van der Waals surface area contributed by atoms with Gasteiger partial charge >= 0.3 is 5.97 Å². The second-order valence-corrected chi connectivity index (χ2v) is 9.05. The number of esters is 1. The number of carbonyl (C=O) groups excluding carboxylic acids is 2. The zero-order valence-corrected chi connectivity index (χ0v) is 15.3. The highest BCUT2D eigenvalue weighted by atomic mass is 32.2. The van der Waals surface area contributed by atoms with E-state index in [9.17, 15) is 18.0 Å². The lowest BCUT2D eigenvalue weighted by Gasteiger charge is -2.29. The number of nitrogens with zero attached hydrogens (tertiary/aromatic N) is 1. The van der Waals surface area contributed by atoms with E-state index in [0.717, 1.165) is 25.7 Å². The summed E-state index contributed by atoms with van der Waals surface area (Å²) in [6.07, 6.45) is 6.23. The fourth-order valence-corrected chi connectivity index (χ4v) is 4.23. The first-order valence-electron chi connectivity index (χ1n) is 8.67. The average molecular weight is 360 g/mol. The molecule has 1 aliphatic heterocycles. The molecule has 1 amide bonds. The Morgan fingerprint density at radius 3 is 2.21 bits per heavy atom. The first kappa shape index (κ1) is 19.2. The molecule has 138 valence electrons. The number of rotatable bonds is 5. The summed E-state index contributed by atoms with van der Waals surface area (Å²) < 4.78 is 29.4. The van der Waals surface area contributed by atoms with Crippen molar-refractivity contribution in [2.75, 3.05) is 26.0 Å². The average Bonchev–Trinajstić information content (AvgIpc) is 2.54. The Morgan fingerprint density at radius 2 is 1.67 bits per heavy atom. The fraction of sp³-hybridized carbons (Fsp3) is 0.875. The van der Waals surface area contributed by atoms with E-state index >= 15 is 0 Å². The predicted molar refractivity (Wildman–Crippen MR) is 89.7 cm³/mol. The summed E-state index contributed by atoms with van der Waals surface area (Å²) in [5.74, 6) is -0.271. The molecule has 2 rings (SSSR count). The third kappa shape index (κ3) is 5.73. The van der Waals surface area contributed by atoms with Crippen LogP contribution in [0, 0.1) is 11.8 Å². The maximum absolute atomic E-state index is 12.0. The Hall–Kier alpha value is -1.15. The fourth-order valence-electron chi connectivity index (χ4n) is 3.35. The van der Waals surface area contributed by atoms with Crippen molar-refractivity contribution in [3.05, 3.63) is 0 Å². The number of ether oxygens (including phenoxy) is 1. The number of piperidine rings is 1. The lowest BCUT2D eigenvalue weighted by atomic mass is 9.87. The van der Waals surface area contributed by atoms with E-state index in [2.05, 4.69) is 12.2 Å². The normalized spacial score (nSPS) is 26.8. The highest BCUT2D eigenvalue weighted by Crippen LogP contribution is 2.23. The maximum Gasteiger partial charge on any atom is 0.309 e. The molecule has 0 aromatic rings. The summed E-state index contributed by atoms with van der Waals surface area (Å²) in [6, 6.07) is 0.186. The van der Waals surface area contributed by atoms with E-state index in [-0.39, 0.29) is 24.5 Å². The molecule has 0 unspecified atom stereocenters. The van der Waals surface area contributed by atoms with Gasteiger partial charge in [-0.15, -0.1) is 0 Å². The number of sulfonamides is 1. The van der Waals surface area contributed by atoms with Gasteiger partial charge in [0.2, 0.25) is 10.0 Å². The van der Waals surface area contributed by atoms with E-state index < -0.39 is 16.0 Å². The molecule has 1 saturated heterocycles. The molecule has 0 bridgehead atoms. The second-order valence-electron chi connectivity index (χ2n) is 7.07. The first-order chi connectivity index (χ1) is 11.3. The zero-order chi connectivity index (χ0) is 17.7. The molecule has 0 aromatic carbocycles. The van der Waals surface area contributed by atoms with Gasteiger partial charge in [-0.05, 0) is 44.4 Å². The van der Waals surface area contributed by atoms with Gasteiger partial charge in [-0.2, -0.15) is 0 Å². The quantitative estimate of drug-likeness (QED) is 0.735. The van der Waals surface area contributed by atoms with Gasteiger partial charge < -0.3 is 10.1 Å². The smallest absolute Gasteiger partial charge is 0.309 e. The van der Waals surface area contributed by atoms with E-state index in [1.54, 1.807) is 0 Å². The molecule has 0 spiro atoms. The molecule has 0 aromatic heterocycles. The Labute approximate surface area is 144 Å². The van der Waals surface area contributed by atoms with Crippen LogP contribution in [0.5, 0.6) is 0 Å². The van der Waals surface area contributed by atoms with Gasteiger partial charge in [0.25, 0.3) is 5.91 Å². The van der Waals surface area contributed by atoms with Gasteiger partial charge in [0, 0.05) is 19.1 Å². The monoisotopic (exact) mass is 360 g/mol. The number of hydrogen-bond acceptors (Lipinski definition) is 5. The van der Waals surface area contributed by atoms with Crippen LogP contribution in [0.2, 0.25) is 0 Å². The van der Waals surface area contributed by atoms with Crippen LogP contribution < -0.4 is 5.32 Å². The minimum absolute atomic E-state index is 0.186. The Bertz CT molecular complexity index is 547. The van der Waals surface area contributed by atoms with Crippen molar-refractivity contribution >= 4 is 21.9 Å². The third-order valence-corrected chi connectivity index (χ3v) is 6.29. The van der Waals surface area contributed by atoms with Crippen LogP contribution in [0.3, 0.4) is 0 Å². The highest BCUT2D eigenvalue weighted by Gasteiger charge is 2.30. The lowest BCUT2D eigenvalue weighted by Crippen LogP contribution is -2.42. The van der Waals surface area contributed by atoms with Gasteiger partial charge in [0.05, 0.1) is 12.2 Å². The molecule has 7 nitrogen and oxygen atoms in total. The summed E-state index contributed by atoms with van der Waals surface area (Å²) in [5, 5.41) is 2.92. The standard InChI is InChI=1S/C16H28N2O5S/c1-12-3-5-14(6-4-12)17-15(19)11-23-16(20)13-7-9-18(10-8-13)24(2,21)22/h12-14H,3-11H2,1-2H3,(H,17,19). The van der Waals surface area contributed by atoms with Crippen molar-refractivity contribution in [3.8, 4) is 0 Å². The molecule has 0 atom stereocenters. The molecule has 24 heavy (non-hydrogen) atoms. The van der Waals surface area contributed by atoms with Crippen molar-refractivity contribution in [2.45, 2.75) is 51.5 Å². The Balaban J connectivity index is 1.67. The van der Waals surface area contributed by atoms with E-state index in [4.69, 9.17) is 4.74 Å². The molecule has 2 aliphatic rings. The number of nitrogens with one attached hydrogen (secondary N) is 1. The van der Waals surface area contributed by atoms with E-state index in [1.807, 2.05) is 0 Å². The largest absolute Gasteiger partial charge is 0.455 e. The van der Waals surface area contributed by atoms with Crippen LogP contribution in [0.4, 0.5) is 0 Å². The third-order valence-electron chi connectivity index (χ3n) is 4.98. The van der Waals surface area contributed by atoms with Crippen LogP contribution >= 0.6 is 0 Å². The van der Waals surface area contributed by atoms with Crippen molar-refractivity contribution < 1.29 is 22.7 Å². The Morgan fingerprint density at radius 1 is 1.08 bits per heavy atom. The van der Waals surface area contributed by atoms with Crippen LogP contribution in [0.25, 0.3) is 0 Å². The summed E-state index contributed by atoms with van der Waals surface area (Å²) in [4.78, 5) is 23.9. The molecule has 1 heterocycles. The van der Waals surface area contributed by atoms with Gasteiger partial charge in [-0.25, -0.2) is 12.7 Å². The zero-order valence-electron chi connectivity index (χ0n) is 14.5. The molecular weight excluding hydrogens is 332 g/mol. The molecular formula is C16H28N2O5S. The highest BCUT2D eigenvalue weighted by molar-refractivity contribution is 7.88. The van der Waals surface area contributed by atoms with Crippen LogP contribution in [0.1, 0.15) is 45.4 Å². The minimum Gasteiger partial charge on any atom is -0.455 e. The molecule has 1 saturated carbocycles. The van der Waals surface area contributed by atoms with Gasteiger partial charge in [0.1, 0.15) is 0 Å². The Kier molecular flexibility index (Phi) is 6.62. The summed E-state index contributed by atoms with van der Waals surface area (Å²) in [7, 11) is -3.20. The molecule has 2 fully saturated rings. The topological polar surface area (TPSA) is 92.8 Å². The van der Waals surface area contributed by atoms with Gasteiger partial charge in [0.15, 0.2) is 6.61 Å². The summed E-state index contributed by atoms with van der Waals surface area (Å²) >= 11 is 0. The summed E-state index contributed by atoms with van der Waals surface area (Å²) in [6.45, 7) is 2.61. The SMILES string of the molecule is CC1CCC(NC(=O)COC(=O)C2CCN(S(C)(=O)=O)CC2)CC1. The molecule has 8 heteroatoms. The lowest BCUT2D eigenvalue weighted by molar-refractivity contribution is -0.153. The number of amides is 1. The van der Waals surface area contributed by atoms with Crippen LogP contribution in [-0.2, 0) is 24.3 Å². The summed E-state index contributed by atoms with van der Waals surface area (Å²) in [5.41, 5.74) is 0. The van der Waals surface area contributed by atoms with Crippen molar-refractivity contribution in [2.24, 2.45) is 11.8 Å². The number of carbonyl (C=O) groups is 2. The molecule has 0 radical (unpaired) electrons. The van der Waals surface area contributed by atoms with Crippen molar-refractivity contribution in [1.29, 1.82) is 0 Å². The second kappa shape index (κ2) is 8.29. The molecule has 1 N–H and O–H groups in total. The van der Waals surface area contributed by atoms with Crippen molar-refractivity contribution in [3.63, 3.8) is 0 Å². The van der Waals surface area contributed by atoms with Crippen molar-refractivity contribution in [1.82, 2.24) is 9.62 Å². The van der Waals surface area contributed by atoms with E-state index in [0.29, 0.717) is 31.8 Å². The van der Waals surface area contributed by atoms with E-state index in [1.165, 1.54) is 10.6 Å². The van der Waals surface area contributed by atoms with Gasteiger partial charge in [-0.1, -0.05) is 6.92 Å². The van der Waals surface area contributed by atoms with Gasteiger partial charge in [-0.3, -0.25) is 9.59 Å². The number of hydrogen-bond donors (Lipinski definition) is 1. The maximum atomic E-state index is 12.0.